The van der Waals surface area contributed by atoms with Gasteiger partial charge in [0.05, 0.1) is 27.7 Å². The van der Waals surface area contributed by atoms with Crippen LogP contribution in [0.3, 0.4) is 0 Å². The van der Waals surface area contributed by atoms with Gasteiger partial charge in [0.2, 0.25) is 0 Å². The van der Waals surface area contributed by atoms with E-state index in [1.165, 1.54) is 193 Å². The number of ether oxygens (including phenoxy) is 2. The molecule has 10 heteroatoms. The molecular weight excluding hydrogens is 1110 g/mol. The Hall–Kier alpha value is -3.59. The number of hydrogen-bond donors (Lipinski definition) is 1. The van der Waals surface area contributed by atoms with Crippen molar-refractivity contribution in [2.45, 2.75) is 315 Å². The second kappa shape index (κ2) is 67.8. The minimum Gasteiger partial charge on any atom is -0.462 e. The van der Waals surface area contributed by atoms with E-state index in [2.05, 4.69) is 135 Å². The fraction of sp³-hybridized carbons (Fsp3) is 0.718. The molecule has 0 aliphatic heterocycles. The quantitative estimate of drug-likeness (QED) is 0.0211. The Morgan fingerprint density at radius 3 is 1.00 bits per heavy atom. The van der Waals surface area contributed by atoms with Gasteiger partial charge in [0.25, 0.3) is 0 Å². The molecule has 2 atom stereocenters. The van der Waals surface area contributed by atoms with Crippen LogP contribution >= 0.6 is 7.82 Å². The van der Waals surface area contributed by atoms with Crippen LogP contribution in [0.2, 0.25) is 0 Å². The molecule has 0 saturated heterocycles. The van der Waals surface area contributed by atoms with Crippen molar-refractivity contribution in [2.75, 3.05) is 47.5 Å². The zero-order valence-corrected chi connectivity index (χ0v) is 58.6. The van der Waals surface area contributed by atoms with Crippen molar-refractivity contribution in [3.63, 3.8) is 0 Å². The highest BCUT2D eigenvalue weighted by Gasteiger charge is 2.27. The predicted octanol–water partition coefficient (Wildman–Crippen LogP) is 23.8. The Morgan fingerprint density at radius 2 is 0.659 bits per heavy atom. The van der Waals surface area contributed by atoms with E-state index in [1.54, 1.807) is 0 Å². The molecule has 0 fully saturated rings. The fourth-order valence-corrected chi connectivity index (χ4v) is 10.7. The van der Waals surface area contributed by atoms with E-state index < -0.39 is 26.5 Å². The summed E-state index contributed by atoms with van der Waals surface area (Å²) in [7, 11) is 1.43. The summed E-state index contributed by atoms with van der Waals surface area (Å²) in [6, 6.07) is 0. The maximum Gasteiger partial charge on any atom is 0.472 e. The number of quaternary nitrogens is 1. The summed E-state index contributed by atoms with van der Waals surface area (Å²) in [6.45, 7) is 4.26. The molecule has 0 saturated carbocycles. The highest BCUT2D eigenvalue weighted by Crippen LogP contribution is 2.43. The number of phosphoric acid groups is 1. The lowest BCUT2D eigenvalue weighted by atomic mass is 10.0. The van der Waals surface area contributed by atoms with E-state index in [-0.39, 0.29) is 32.0 Å². The topological polar surface area (TPSA) is 108 Å². The lowest BCUT2D eigenvalue weighted by molar-refractivity contribution is -0.870. The average Bonchev–Trinajstić information content (AvgIpc) is 3.68. The molecule has 0 spiro atoms. The zero-order chi connectivity index (χ0) is 64.1. The molecule has 0 radical (unpaired) electrons. The Kier molecular flexibility index (Phi) is 65.0. The van der Waals surface area contributed by atoms with Crippen molar-refractivity contribution in [2.24, 2.45) is 0 Å². The van der Waals surface area contributed by atoms with Crippen molar-refractivity contribution in [3.05, 3.63) is 122 Å². The SMILES string of the molecule is CC/C=C\C/C=C\C/C=C\C/C=C\C/C=C\C/C=C\C/C=C\CCCC(=O)OC(COC(=O)CCCCCCCCCCCCCCCCCCCCCCCCCCCC/C=C\C/C=C\C/C=C\CCCCCCC)COP(=O)(O)OCC[N+](C)(C)C. The van der Waals surface area contributed by atoms with Gasteiger partial charge in [-0.3, -0.25) is 18.6 Å². The standard InChI is InChI=1S/C78H136NO8P/c1-6-8-10-12-14-16-18-20-22-24-26-28-30-31-32-33-34-35-36-37-38-39-40-41-42-43-44-45-46-47-49-50-52-54-56-58-60-62-64-66-68-70-77(80)84-74-76(75-86-88(82,83)85-73-72-79(3,4)5)87-78(81)71-69-67-65-63-61-59-57-55-53-51-48-29-27-25-23-21-19-17-15-13-11-9-7-2/h9,11,15,17-18,20-21,23-24,26-27,29-31,51,53,57,59,63,65,76H,6-8,10,12-14,16,19,22,25,28,32-50,52,54-56,58,60-62,64,66-75H2,1-5H3/p+1/b11-9-,17-15-,20-18-,23-21-,26-24-,29-27-,31-30-,53-51-,59-57-,65-63-. The molecule has 9 nitrogen and oxygen atoms in total. The summed E-state index contributed by atoms with van der Waals surface area (Å²) in [5.74, 6) is -0.864. The fourth-order valence-electron chi connectivity index (χ4n) is 9.96. The minimum atomic E-state index is -4.41. The third-order valence-corrected chi connectivity index (χ3v) is 16.5. The number of allylic oxidation sites excluding steroid dienone is 20. The third kappa shape index (κ3) is 71.5. The van der Waals surface area contributed by atoms with E-state index in [0.717, 1.165) is 77.0 Å². The second-order valence-electron chi connectivity index (χ2n) is 25.2. The molecule has 0 aromatic carbocycles. The Balaban J connectivity index is 3.99. The number of carbonyl (C=O) groups excluding carboxylic acids is 2. The number of rotatable bonds is 66. The predicted molar refractivity (Wildman–Crippen MR) is 381 cm³/mol. The monoisotopic (exact) mass is 1250 g/mol. The molecule has 0 rings (SSSR count). The number of hydrogen-bond acceptors (Lipinski definition) is 7. The lowest BCUT2D eigenvalue weighted by Gasteiger charge is -2.24. The molecule has 1 N–H and O–H groups in total. The lowest BCUT2D eigenvalue weighted by Crippen LogP contribution is -2.37. The van der Waals surface area contributed by atoms with E-state index in [9.17, 15) is 19.0 Å². The summed E-state index contributed by atoms with van der Waals surface area (Å²) >= 11 is 0. The summed E-state index contributed by atoms with van der Waals surface area (Å²) in [6.07, 6.45) is 97.7. The Labute approximate surface area is 543 Å². The van der Waals surface area contributed by atoms with Gasteiger partial charge >= 0.3 is 19.8 Å². The van der Waals surface area contributed by atoms with Crippen LogP contribution in [-0.4, -0.2) is 74.9 Å². The number of esters is 2. The van der Waals surface area contributed by atoms with E-state index in [0.29, 0.717) is 23.9 Å². The number of nitrogens with zero attached hydrogens (tertiary/aromatic N) is 1. The first-order valence-electron chi connectivity index (χ1n) is 36.3. The van der Waals surface area contributed by atoms with Crippen molar-refractivity contribution < 1.29 is 42.1 Å². The van der Waals surface area contributed by atoms with Crippen LogP contribution in [-0.2, 0) is 32.7 Å². The molecule has 0 aromatic heterocycles. The highest BCUT2D eigenvalue weighted by atomic mass is 31.2. The first kappa shape index (κ1) is 84.4. The maximum absolute atomic E-state index is 12.8. The molecule has 0 amide bonds. The normalized spacial score (nSPS) is 13.8. The van der Waals surface area contributed by atoms with Crippen molar-refractivity contribution in [1.82, 2.24) is 0 Å². The molecule has 88 heavy (non-hydrogen) atoms. The van der Waals surface area contributed by atoms with E-state index in [1.807, 2.05) is 21.1 Å². The van der Waals surface area contributed by atoms with Gasteiger partial charge in [-0.25, -0.2) is 4.57 Å². The van der Waals surface area contributed by atoms with Crippen molar-refractivity contribution in [1.29, 1.82) is 0 Å². The summed E-state index contributed by atoms with van der Waals surface area (Å²) in [5.41, 5.74) is 0. The number of unbranched alkanes of at least 4 members (excludes halogenated alkanes) is 32. The van der Waals surface area contributed by atoms with Gasteiger partial charge in [0.1, 0.15) is 19.8 Å². The van der Waals surface area contributed by atoms with Crippen LogP contribution in [0.5, 0.6) is 0 Å². The largest absolute Gasteiger partial charge is 0.472 e. The van der Waals surface area contributed by atoms with Gasteiger partial charge in [-0.05, 0) is 103 Å². The smallest absolute Gasteiger partial charge is 0.462 e. The number of phosphoric ester groups is 1. The molecule has 2 unspecified atom stereocenters. The first-order chi connectivity index (χ1) is 43.0. The van der Waals surface area contributed by atoms with Gasteiger partial charge in [-0.1, -0.05) is 315 Å². The molecule has 0 heterocycles. The van der Waals surface area contributed by atoms with Gasteiger partial charge in [0.15, 0.2) is 6.10 Å². The molecule has 0 aromatic rings. The van der Waals surface area contributed by atoms with Crippen LogP contribution in [0.15, 0.2) is 122 Å². The van der Waals surface area contributed by atoms with Crippen LogP contribution in [0.25, 0.3) is 0 Å². The summed E-state index contributed by atoms with van der Waals surface area (Å²) in [5, 5.41) is 0. The maximum atomic E-state index is 12.8. The van der Waals surface area contributed by atoms with Crippen molar-refractivity contribution >= 4 is 19.8 Å². The van der Waals surface area contributed by atoms with Gasteiger partial charge in [-0.2, -0.15) is 0 Å². The van der Waals surface area contributed by atoms with Gasteiger partial charge in [0, 0.05) is 12.8 Å². The highest BCUT2D eigenvalue weighted by molar-refractivity contribution is 7.47. The van der Waals surface area contributed by atoms with Gasteiger partial charge < -0.3 is 18.9 Å². The van der Waals surface area contributed by atoms with Crippen LogP contribution in [0.4, 0.5) is 0 Å². The molecule has 0 aliphatic carbocycles. The van der Waals surface area contributed by atoms with Crippen LogP contribution < -0.4 is 0 Å². The Bertz CT molecular complexity index is 1900. The van der Waals surface area contributed by atoms with Crippen LogP contribution in [0.1, 0.15) is 309 Å². The Morgan fingerprint density at radius 1 is 0.364 bits per heavy atom. The first-order valence-corrected chi connectivity index (χ1v) is 37.8. The summed E-state index contributed by atoms with van der Waals surface area (Å²) in [4.78, 5) is 35.8. The zero-order valence-electron chi connectivity index (χ0n) is 57.7. The summed E-state index contributed by atoms with van der Waals surface area (Å²) < 4.78 is 34.6. The van der Waals surface area contributed by atoms with E-state index >= 15 is 0 Å². The average molecular weight is 1250 g/mol. The van der Waals surface area contributed by atoms with Crippen LogP contribution in [0, 0.1) is 0 Å². The molecular formula is C78H137NO8P+. The van der Waals surface area contributed by atoms with E-state index in [4.69, 9.17) is 18.5 Å². The molecule has 0 bridgehead atoms. The van der Waals surface area contributed by atoms with Crippen molar-refractivity contribution in [3.8, 4) is 0 Å². The number of likely N-dealkylation sites (N-methyl/N-ethyl adjacent to an activating group) is 1. The number of carbonyl (C=O) groups is 2. The molecule has 506 valence electrons. The minimum absolute atomic E-state index is 0.0162. The second-order valence-corrected chi connectivity index (χ2v) is 26.7. The molecule has 0 aliphatic rings. The van der Waals surface area contributed by atoms with Gasteiger partial charge in [-0.15, -0.1) is 0 Å². The third-order valence-electron chi connectivity index (χ3n) is 15.5.